The van der Waals surface area contributed by atoms with Gasteiger partial charge in [-0.05, 0) is 49.3 Å². The molecule has 0 saturated carbocycles. The van der Waals surface area contributed by atoms with Gasteiger partial charge in [0.15, 0.2) is 0 Å². The number of nitrogens with zero attached hydrogens (tertiary/aromatic N) is 1. The number of phenols is 1. The molecular formula is C23H24F3NO4. The van der Waals surface area contributed by atoms with Gasteiger partial charge in [-0.25, -0.2) is 0 Å². The van der Waals surface area contributed by atoms with Crippen molar-refractivity contribution < 1.29 is 27.4 Å². The molecule has 3 rings (SSSR count). The molecule has 8 heteroatoms. The average Bonchev–Trinajstić information content (AvgIpc) is 2.64. The number of alkyl halides is 3. The molecule has 0 amide bonds. The van der Waals surface area contributed by atoms with Crippen molar-refractivity contribution in [2.45, 2.75) is 38.9 Å². The zero-order chi connectivity index (χ0) is 23.1. The van der Waals surface area contributed by atoms with E-state index in [1.165, 1.54) is 24.3 Å². The topological polar surface area (TPSA) is 62.9 Å². The van der Waals surface area contributed by atoms with Crippen molar-refractivity contribution in [2.75, 3.05) is 14.1 Å². The zero-order valence-corrected chi connectivity index (χ0v) is 17.9. The maximum absolute atomic E-state index is 13.8. The zero-order valence-electron chi connectivity index (χ0n) is 17.9. The van der Waals surface area contributed by atoms with Crippen LogP contribution in [-0.2, 0) is 18.1 Å². The average molecular weight is 435 g/mol. The van der Waals surface area contributed by atoms with Crippen molar-refractivity contribution in [1.82, 2.24) is 4.90 Å². The normalized spacial score (nSPS) is 12.5. The van der Waals surface area contributed by atoms with E-state index < -0.39 is 23.1 Å². The molecule has 31 heavy (non-hydrogen) atoms. The van der Waals surface area contributed by atoms with Crippen LogP contribution < -0.4 is 10.2 Å². The summed E-state index contributed by atoms with van der Waals surface area (Å²) in [5, 5.41) is 10.0. The summed E-state index contributed by atoms with van der Waals surface area (Å²) in [7, 11) is 3.36. The Morgan fingerprint density at radius 2 is 1.65 bits per heavy atom. The molecule has 1 N–H and O–H groups in total. The van der Waals surface area contributed by atoms with Gasteiger partial charge in [0, 0.05) is 6.54 Å². The Balaban J connectivity index is 2.20. The number of halogens is 3. The van der Waals surface area contributed by atoms with Crippen LogP contribution in [0.25, 0.3) is 11.0 Å². The number of aromatic hydroxyl groups is 1. The monoisotopic (exact) mass is 435 g/mol. The third kappa shape index (κ3) is 4.69. The van der Waals surface area contributed by atoms with Crippen LogP contribution in [0.2, 0.25) is 0 Å². The number of phenolic OH excluding ortho intramolecular Hbond substituents is 1. The number of fused-ring (bicyclic) bond motifs is 1. The Kier molecular flexibility index (Phi) is 5.80. The Morgan fingerprint density at radius 3 is 2.16 bits per heavy atom. The summed E-state index contributed by atoms with van der Waals surface area (Å²) in [5.41, 5.74) is -0.381. The second-order valence-electron chi connectivity index (χ2n) is 8.64. The number of ether oxygens (including phenoxy) is 1. The standard InChI is InChI=1S/C23H24F3NO4/c1-22(2,3)13-6-8-14(9-7-13)30-20-18(29)15-10-11-17(28)16(12-27(4)5)19(15)31-21(20)23(24,25)26/h6-11,28H,12H2,1-5H3. The molecule has 0 aliphatic carbocycles. The minimum absolute atomic E-state index is 0.0810. The lowest BCUT2D eigenvalue weighted by molar-refractivity contribution is -0.154. The summed E-state index contributed by atoms with van der Waals surface area (Å²) in [5.74, 6) is -2.66. The van der Waals surface area contributed by atoms with E-state index in [9.17, 15) is 23.1 Å². The summed E-state index contributed by atoms with van der Waals surface area (Å²) in [6.07, 6.45) is -4.98. The van der Waals surface area contributed by atoms with Crippen LogP contribution in [0, 0.1) is 0 Å². The molecule has 5 nitrogen and oxygen atoms in total. The van der Waals surface area contributed by atoms with Gasteiger partial charge in [0.25, 0.3) is 5.76 Å². The van der Waals surface area contributed by atoms with Gasteiger partial charge in [0.1, 0.15) is 17.1 Å². The van der Waals surface area contributed by atoms with Gasteiger partial charge in [-0.1, -0.05) is 32.9 Å². The highest BCUT2D eigenvalue weighted by molar-refractivity contribution is 5.83. The molecule has 0 spiro atoms. The fourth-order valence-electron chi connectivity index (χ4n) is 3.18. The summed E-state index contributed by atoms with van der Waals surface area (Å²) >= 11 is 0. The number of hydrogen-bond donors (Lipinski definition) is 1. The lowest BCUT2D eigenvalue weighted by Gasteiger charge is -2.19. The van der Waals surface area contributed by atoms with E-state index in [0.29, 0.717) is 0 Å². The van der Waals surface area contributed by atoms with Gasteiger partial charge in [-0.15, -0.1) is 0 Å². The molecule has 1 aromatic heterocycles. The molecule has 0 unspecified atom stereocenters. The second kappa shape index (κ2) is 7.92. The molecule has 0 saturated heterocycles. The van der Waals surface area contributed by atoms with Crippen molar-refractivity contribution in [3.63, 3.8) is 0 Å². The van der Waals surface area contributed by atoms with E-state index >= 15 is 0 Å². The fraction of sp³-hybridized carbons (Fsp3) is 0.348. The van der Waals surface area contributed by atoms with Gasteiger partial charge >= 0.3 is 6.18 Å². The second-order valence-corrected chi connectivity index (χ2v) is 8.64. The molecule has 0 atom stereocenters. The van der Waals surface area contributed by atoms with Crippen LogP contribution in [0.15, 0.2) is 45.6 Å². The van der Waals surface area contributed by atoms with Crippen molar-refractivity contribution in [2.24, 2.45) is 0 Å². The lowest BCUT2D eigenvalue weighted by atomic mass is 9.87. The SMILES string of the molecule is CN(C)Cc1c(O)ccc2c(=O)c(Oc3ccc(C(C)(C)C)cc3)c(C(F)(F)F)oc12. The van der Waals surface area contributed by atoms with Crippen LogP contribution in [0.3, 0.4) is 0 Å². The van der Waals surface area contributed by atoms with Crippen LogP contribution >= 0.6 is 0 Å². The molecule has 0 aliphatic rings. The maximum atomic E-state index is 13.8. The first kappa shape index (κ1) is 22.7. The summed E-state index contributed by atoms with van der Waals surface area (Å²) in [6.45, 7) is 6.09. The predicted octanol–water partition coefficient (Wildman–Crippen LogP) is 5.67. The smallest absolute Gasteiger partial charge is 0.453 e. The quantitative estimate of drug-likeness (QED) is 0.572. The third-order valence-corrected chi connectivity index (χ3v) is 4.77. The Morgan fingerprint density at radius 1 is 1.03 bits per heavy atom. The first-order valence-corrected chi connectivity index (χ1v) is 9.61. The lowest BCUT2D eigenvalue weighted by Crippen LogP contribution is -2.17. The molecule has 0 radical (unpaired) electrons. The van der Waals surface area contributed by atoms with E-state index in [1.807, 2.05) is 20.8 Å². The molecule has 2 aromatic carbocycles. The first-order valence-electron chi connectivity index (χ1n) is 9.61. The minimum Gasteiger partial charge on any atom is -0.507 e. The summed E-state index contributed by atoms with van der Waals surface area (Å²) < 4.78 is 51.9. The van der Waals surface area contributed by atoms with Crippen molar-refractivity contribution in [3.8, 4) is 17.2 Å². The highest BCUT2D eigenvalue weighted by Gasteiger charge is 2.41. The van der Waals surface area contributed by atoms with Crippen molar-refractivity contribution in [3.05, 3.63) is 63.5 Å². The maximum Gasteiger partial charge on any atom is 0.453 e. The largest absolute Gasteiger partial charge is 0.507 e. The first-order chi connectivity index (χ1) is 14.3. The number of benzene rings is 2. The van der Waals surface area contributed by atoms with Gasteiger partial charge in [-0.3, -0.25) is 4.79 Å². The number of rotatable bonds is 4. The van der Waals surface area contributed by atoms with Crippen LogP contribution in [0.4, 0.5) is 13.2 Å². The third-order valence-electron chi connectivity index (χ3n) is 4.77. The van der Waals surface area contributed by atoms with Crippen molar-refractivity contribution in [1.29, 1.82) is 0 Å². The predicted molar refractivity (Wildman–Crippen MR) is 112 cm³/mol. The van der Waals surface area contributed by atoms with Crippen LogP contribution in [-0.4, -0.2) is 24.1 Å². The van der Waals surface area contributed by atoms with Gasteiger partial charge in [0.2, 0.25) is 11.2 Å². The molecule has 0 bridgehead atoms. The van der Waals surface area contributed by atoms with E-state index in [-0.39, 0.29) is 40.0 Å². The van der Waals surface area contributed by atoms with Crippen LogP contribution in [0.5, 0.6) is 17.2 Å². The van der Waals surface area contributed by atoms with Crippen molar-refractivity contribution >= 4 is 11.0 Å². The van der Waals surface area contributed by atoms with E-state index in [2.05, 4.69) is 0 Å². The fourth-order valence-corrected chi connectivity index (χ4v) is 3.18. The molecule has 0 fully saturated rings. The summed E-state index contributed by atoms with van der Waals surface area (Å²) in [4.78, 5) is 14.6. The molecular weight excluding hydrogens is 411 g/mol. The molecule has 3 aromatic rings. The molecule has 1 heterocycles. The van der Waals surface area contributed by atoms with E-state index in [1.54, 1.807) is 31.1 Å². The molecule has 166 valence electrons. The Bertz CT molecular complexity index is 1160. The number of hydrogen-bond acceptors (Lipinski definition) is 5. The minimum atomic E-state index is -4.98. The Labute approximate surface area is 177 Å². The van der Waals surface area contributed by atoms with E-state index in [4.69, 9.17) is 9.15 Å². The van der Waals surface area contributed by atoms with Gasteiger partial charge in [-0.2, -0.15) is 13.2 Å². The molecule has 0 aliphatic heterocycles. The van der Waals surface area contributed by atoms with Crippen LogP contribution in [0.1, 0.15) is 37.7 Å². The highest BCUT2D eigenvalue weighted by atomic mass is 19.4. The van der Waals surface area contributed by atoms with E-state index in [0.717, 1.165) is 5.56 Å². The Hall–Kier alpha value is -3.00. The highest BCUT2D eigenvalue weighted by Crippen LogP contribution is 2.40. The van der Waals surface area contributed by atoms with Gasteiger partial charge < -0.3 is 19.2 Å². The van der Waals surface area contributed by atoms with Gasteiger partial charge in [0.05, 0.1) is 10.9 Å². The summed E-state index contributed by atoms with van der Waals surface area (Å²) in [6, 6.07) is 8.98.